The Balaban J connectivity index is 2.43. The Morgan fingerprint density at radius 1 is 0.958 bits per heavy atom. The van der Waals surface area contributed by atoms with E-state index >= 15 is 0 Å². The van der Waals surface area contributed by atoms with Crippen LogP contribution in [-0.4, -0.2) is 22.9 Å². The summed E-state index contributed by atoms with van der Waals surface area (Å²) in [5.74, 6) is -3.37. The molecule has 0 aliphatic carbocycles. The molecule has 0 aliphatic rings. The highest BCUT2D eigenvalue weighted by Crippen LogP contribution is 2.30. The number of nitrogens with zero attached hydrogens (tertiary/aromatic N) is 1. The van der Waals surface area contributed by atoms with Crippen molar-refractivity contribution in [2.45, 2.75) is 4.90 Å². The fraction of sp³-hybridized carbons (Fsp3) is 0. The maximum Gasteiger partial charge on any atom is 0.341 e. The third kappa shape index (κ3) is 4.47. The Bertz CT molecular complexity index is 776. The molecule has 0 atom stereocenters. The molecular formula is C17H14N2O4S. The van der Waals surface area contributed by atoms with Crippen LogP contribution in [0.4, 0.5) is 5.69 Å². The summed E-state index contributed by atoms with van der Waals surface area (Å²) >= 11 is 1.05. The molecule has 0 fully saturated rings. The van der Waals surface area contributed by atoms with Crippen LogP contribution in [0.5, 0.6) is 0 Å². The molecule has 0 heterocycles. The molecule has 24 heavy (non-hydrogen) atoms. The van der Waals surface area contributed by atoms with Gasteiger partial charge in [-0.05, 0) is 36.2 Å². The molecule has 0 aromatic heterocycles. The van der Waals surface area contributed by atoms with Crippen molar-refractivity contribution in [1.29, 1.82) is 0 Å². The first-order valence-corrected chi connectivity index (χ1v) is 7.63. The van der Waals surface area contributed by atoms with Gasteiger partial charge in [-0.3, -0.25) is 9.59 Å². The molecule has 0 spiro atoms. The maximum absolute atomic E-state index is 12.7. The Labute approximate surface area is 142 Å². The van der Waals surface area contributed by atoms with Crippen molar-refractivity contribution in [1.82, 2.24) is 0 Å². The lowest BCUT2D eigenvalue weighted by atomic mass is 10.2. The minimum atomic E-state index is -1.52. The molecule has 3 N–H and O–H groups in total. The Morgan fingerprint density at radius 2 is 1.50 bits per heavy atom. The van der Waals surface area contributed by atoms with Gasteiger partial charge in [0.1, 0.15) is 5.57 Å². The fourth-order valence-corrected chi connectivity index (χ4v) is 2.73. The number of nitrogens with two attached hydrogens (primary N) is 1. The monoisotopic (exact) mass is 342 g/mol. The number of carbonyl (C=O) groups excluding carboxylic acids is 2. The van der Waals surface area contributed by atoms with Crippen LogP contribution in [0.25, 0.3) is 0 Å². The molecule has 2 aromatic carbocycles. The summed E-state index contributed by atoms with van der Waals surface area (Å²) in [6, 6.07) is 17.5. The van der Waals surface area contributed by atoms with Crippen molar-refractivity contribution in [2.24, 2.45) is 5.73 Å². The fourth-order valence-electron chi connectivity index (χ4n) is 1.83. The second kappa shape index (κ2) is 7.98. The van der Waals surface area contributed by atoms with Crippen LogP contribution >= 0.6 is 11.9 Å². The normalized spacial score (nSPS) is 10.9. The van der Waals surface area contributed by atoms with Crippen LogP contribution in [0.3, 0.4) is 0 Å². The lowest BCUT2D eigenvalue weighted by Gasteiger charge is -2.21. The molecule has 0 saturated carbocycles. The van der Waals surface area contributed by atoms with E-state index in [2.05, 4.69) is 0 Å². The van der Waals surface area contributed by atoms with Crippen molar-refractivity contribution in [2.75, 3.05) is 4.31 Å². The first kappa shape index (κ1) is 17.3. The molecule has 7 heteroatoms. The van der Waals surface area contributed by atoms with Crippen LogP contribution in [0.1, 0.15) is 0 Å². The summed E-state index contributed by atoms with van der Waals surface area (Å²) in [5.41, 5.74) is 4.78. The highest BCUT2D eigenvalue weighted by Gasteiger charge is 2.26. The summed E-state index contributed by atoms with van der Waals surface area (Å²) in [4.78, 5) is 35.8. The van der Waals surface area contributed by atoms with E-state index in [1.54, 1.807) is 54.6 Å². The summed E-state index contributed by atoms with van der Waals surface area (Å²) in [6.07, 6.45) is 0.617. The van der Waals surface area contributed by atoms with E-state index in [9.17, 15) is 19.5 Å². The number of benzene rings is 2. The molecule has 2 aromatic rings. The molecule has 0 saturated heterocycles. The zero-order valence-electron chi connectivity index (χ0n) is 12.5. The van der Waals surface area contributed by atoms with Crippen LogP contribution in [0.2, 0.25) is 0 Å². The molecule has 2 amide bonds. The summed E-state index contributed by atoms with van der Waals surface area (Å²) in [7, 11) is 0. The Hall–Kier alpha value is -3.06. The predicted molar refractivity (Wildman–Crippen MR) is 91.1 cm³/mol. The quantitative estimate of drug-likeness (QED) is 0.363. The summed E-state index contributed by atoms with van der Waals surface area (Å²) in [5, 5.41) is 9.22. The molecular weight excluding hydrogens is 328 g/mol. The number of carboxylic acids is 1. The van der Waals surface area contributed by atoms with E-state index in [0.717, 1.165) is 16.8 Å². The average Bonchev–Trinajstić information content (AvgIpc) is 2.58. The van der Waals surface area contributed by atoms with E-state index in [1.165, 1.54) is 4.31 Å². The number of rotatable bonds is 6. The number of hydrogen-bond acceptors (Lipinski definition) is 4. The van der Waals surface area contributed by atoms with Gasteiger partial charge in [0.25, 0.3) is 5.91 Å². The first-order valence-electron chi connectivity index (χ1n) is 6.86. The number of carbonyl (C=O) groups is 3. The first-order chi connectivity index (χ1) is 11.5. The molecule has 0 radical (unpaired) electrons. The highest BCUT2D eigenvalue weighted by atomic mass is 32.2. The number of hydrogen-bond donors (Lipinski definition) is 2. The Kier molecular flexibility index (Phi) is 5.75. The van der Waals surface area contributed by atoms with Crippen molar-refractivity contribution in [3.8, 4) is 0 Å². The number of anilines is 1. The van der Waals surface area contributed by atoms with E-state index in [4.69, 9.17) is 5.73 Å². The van der Waals surface area contributed by atoms with Gasteiger partial charge in [-0.15, -0.1) is 0 Å². The average molecular weight is 342 g/mol. The number of amides is 2. The smallest absolute Gasteiger partial charge is 0.341 e. The van der Waals surface area contributed by atoms with Crippen LogP contribution in [0.15, 0.2) is 77.2 Å². The SMILES string of the molecule is NC(=O)/C=C(\C(=O)O)C(=O)N(Sc1ccccc1)c1ccccc1. The summed E-state index contributed by atoms with van der Waals surface area (Å²) < 4.78 is 1.21. The van der Waals surface area contributed by atoms with Gasteiger partial charge in [-0.1, -0.05) is 36.4 Å². The minimum Gasteiger partial charge on any atom is -0.477 e. The second-order valence-corrected chi connectivity index (χ2v) is 5.62. The molecule has 122 valence electrons. The zero-order chi connectivity index (χ0) is 17.5. The third-order valence-corrected chi connectivity index (χ3v) is 3.90. The van der Waals surface area contributed by atoms with Crippen LogP contribution in [0, 0.1) is 0 Å². The van der Waals surface area contributed by atoms with Crippen LogP contribution < -0.4 is 10.0 Å². The largest absolute Gasteiger partial charge is 0.477 e. The standard InChI is InChI=1S/C17H14N2O4S/c18-15(20)11-14(17(22)23)16(21)19(12-7-3-1-4-8-12)24-13-9-5-2-6-10-13/h1-11H,(H2,18,20)(H,22,23)/b14-11-. The van der Waals surface area contributed by atoms with Crippen molar-refractivity contribution < 1.29 is 19.5 Å². The number of carboxylic acid groups (broad SMARTS) is 1. The maximum atomic E-state index is 12.7. The van der Waals surface area contributed by atoms with Gasteiger partial charge in [-0.2, -0.15) is 0 Å². The topological polar surface area (TPSA) is 101 Å². The van der Waals surface area contributed by atoms with Gasteiger partial charge in [-0.25, -0.2) is 9.10 Å². The van der Waals surface area contributed by atoms with E-state index < -0.39 is 23.4 Å². The van der Waals surface area contributed by atoms with E-state index in [0.29, 0.717) is 11.8 Å². The van der Waals surface area contributed by atoms with E-state index in [-0.39, 0.29) is 0 Å². The van der Waals surface area contributed by atoms with Crippen molar-refractivity contribution in [3.63, 3.8) is 0 Å². The number of para-hydroxylation sites is 1. The second-order valence-electron chi connectivity index (χ2n) is 4.60. The lowest BCUT2D eigenvalue weighted by molar-refractivity contribution is -0.134. The summed E-state index contributed by atoms with van der Waals surface area (Å²) in [6.45, 7) is 0. The Morgan fingerprint density at radius 3 is 2.00 bits per heavy atom. The highest BCUT2D eigenvalue weighted by molar-refractivity contribution is 8.01. The van der Waals surface area contributed by atoms with Gasteiger partial charge >= 0.3 is 5.97 Å². The zero-order valence-corrected chi connectivity index (χ0v) is 13.3. The molecule has 0 aliphatic heterocycles. The van der Waals surface area contributed by atoms with Gasteiger partial charge in [0.2, 0.25) is 5.91 Å². The molecule has 0 bridgehead atoms. The predicted octanol–water partition coefficient (Wildman–Crippen LogP) is 2.22. The number of aliphatic carboxylic acids is 1. The lowest BCUT2D eigenvalue weighted by Crippen LogP contribution is -2.30. The van der Waals surface area contributed by atoms with Gasteiger partial charge in [0, 0.05) is 11.0 Å². The molecule has 2 rings (SSSR count). The number of primary amides is 1. The van der Waals surface area contributed by atoms with Crippen molar-refractivity contribution >= 4 is 35.4 Å². The van der Waals surface area contributed by atoms with Gasteiger partial charge < -0.3 is 10.8 Å². The van der Waals surface area contributed by atoms with Gasteiger partial charge in [0.15, 0.2) is 0 Å². The van der Waals surface area contributed by atoms with Gasteiger partial charge in [0.05, 0.1) is 5.69 Å². The van der Waals surface area contributed by atoms with E-state index in [1.807, 2.05) is 6.07 Å². The molecule has 0 unspecified atom stereocenters. The van der Waals surface area contributed by atoms with Crippen LogP contribution in [-0.2, 0) is 14.4 Å². The van der Waals surface area contributed by atoms with Crippen molar-refractivity contribution in [3.05, 3.63) is 72.3 Å². The third-order valence-electron chi connectivity index (χ3n) is 2.86. The molecule has 6 nitrogen and oxygen atoms in total. The minimum absolute atomic E-state index is 0.480.